The summed E-state index contributed by atoms with van der Waals surface area (Å²) >= 11 is 0. The number of aryl methyl sites for hydroxylation is 1. The van der Waals surface area contributed by atoms with Gasteiger partial charge in [0.15, 0.2) is 0 Å². The molecule has 2 aromatic rings. The van der Waals surface area contributed by atoms with Crippen molar-refractivity contribution in [3.8, 4) is 0 Å². The predicted octanol–water partition coefficient (Wildman–Crippen LogP) is 2.24. The van der Waals surface area contributed by atoms with Crippen LogP contribution in [0.15, 0.2) is 42.7 Å². The number of carbonyl (C=O) groups is 1. The fraction of sp³-hybridized carbons (Fsp3) is 0.474. The second-order valence-corrected chi connectivity index (χ2v) is 6.47. The van der Waals surface area contributed by atoms with E-state index in [0.717, 1.165) is 38.2 Å². The van der Waals surface area contributed by atoms with Gasteiger partial charge in [-0.15, -0.1) is 12.4 Å². The molecule has 0 unspecified atom stereocenters. The minimum Gasteiger partial charge on any atom is -0.342 e. The van der Waals surface area contributed by atoms with Crippen molar-refractivity contribution in [1.29, 1.82) is 0 Å². The van der Waals surface area contributed by atoms with Gasteiger partial charge in [-0.2, -0.15) is 5.10 Å². The standard InChI is InChI=1S/C19H26N4O.ClH/c1-3-23(10-9-15-7-5-4-6-8-15)19(24)18-13-20-12-17(18)16-11-21-22(2)14-16;/h4-8,11,14,17-18,20H,3,9-10,12-13H2,1-2H3;1H/t17-,18+;/m1./s1. The Labute approximate surface area is 155 Å². The van der Waals surface area contributed by atoms with Gasteiger partial charge in [-0.1, -0.05) is 30.3 Å². The Morgan fingerprint density at radius 3 is 2.72 bits per heavy atom. The normalized spacial score (nSPS) is 19.4. The van der Waals surface area contributed by atoms with Crippen molar-refractivity contribution >= 4 is 18.3 Å². The number of rotatable bonds is 6. The first-order chi connectivity index (χ1) is 11.7. The lowest BCUT2D eigenvalue weighted by Gasteiger charge is -2.26. The van der Waals surface area contributed by atoms with Gasteiger partial charge in [-0.05, 0) is 24.5 Å². The van der Waals surface area contributed by atoms with Crippen molar-refractivity contribution in [2.24, 2.45) is 13.0 Å². The number of nitrogens with one attached hydrogen (secondary N) is 1. The summed E-state index contributed by atoms with van der Waals surface area (Å²) in [6.45, 7) is 5.18. The van der Waals surface area contributed by atoms with Crippen LogP contribution in [-0.2, 0) is 18.3 Å². The molecule has 1 fully saturated rings. The fourth-order valence-electron chi connectivity index (χ4n) is 3.49. The van der Waals surface area contributed by atoms with E-state index in [4.69, 9.17) is 0 Å². The maximum atomic E-state index is 13.0. The molecule has 2 heterocycles. The molecular formula is C19H27ClN4O. The van der Waals surface area contributed by atoms with Gasteiger partial charge in [-0.25, -0.2) is 0 Å². The monoisotopic (exact) mass is 362 g/mol. The second kappa shape index (κ2) is 9.02. The zero-order chi connectivity index (χ0) is 16.9. The molecule has 6 heteroatoms. The van der Waals surface area contributed by atoms with Crippen molar-refractivity contribution in [2.45, 2.75) is 19.3 Å². The highest BCUT2D eigenvalue weighted by Crippen LogP contribution is 2.29. The summed E-state index contributed by atoms with van der Waals surface area (Å²) in [5, 5.41) is 7.64. The van der Waals surface area contributed by atoms with E-state index >= 15 is 0 Å². The summed E-state index contributed by atoms with van der Waals surface area (Å²) in [6, 6.07) is 10.4. The first-order valence-electron chi connectivity index (χ1n) is 8.71. The van der Waals surface area contributed by atoms with Gasteiger partial charge in [0.1, 0.15) is 0 Å². The van der Waals surface area contributed by atoms with Crippen molar-refractivity contribution in [3.63, 3.8) is 0 Å². The smallest absolute Gasteiger partial charge is 0.227 e. The maximum absolute atomic E-state index is 13.0. The largest absolute Gasteiger partial charge is 0.342 e. The van der Waals surface area contributed by atoms with Crippen LogP contribution in [0.5, 0.6) is 0 Å². The van der Waals surface area contributed by atoms with E-state index in [0.29, 0.717) is 0 Å². The third-order valence-corrected chi connectivity index (χ3v) is 4.89. The number of hydrogen-bond donors (Lipinski definition) is 1. The third kappa shape index (κ3) is 4.61. The zero-order valence-corrected chi connectivity index (χ0v) is 15.7. The predicted molar refractivity (Wildman–Crippen MR) is 102 cm³/mol. The lowest BCUT2D eigenvalue weighted by atomic mass is 9.89. The Bertz CT molecular complexity index is 673. The van der Waals surface area contributed by atoms with Crippen LogP contribution >= 0.6 is 12.4 Å². The molecule has 136 valence electrons. The highest BCUT2D eigenvalue weighted by molar-refractivity contribution is 5.85. The average Bonchev–Trinajstić information content (AvgIpc) is 3.24. The van der Waals surface area contributed by atoms with Crippen LogP contribution in [0.1, 0.15) is 24.0 Å². The molecule has 0 saturated carbocycles. The summed E-state index contributed by atoms with van der Waals surface area (Å²) < 4.78 is 1.81. The quantitative estimate of drug-likeness (QED) is 0.857. The van der Waals surface area contributed by atoms with Crippen molar-refractivity contribution in [2.75, 3.05) is 26.2 Å². The van der Waals surface area contributed by atoms with E-state index in [1.165, 1.54) is 5.56 Å². The van der Waals surface area contributed by atoms with Gasteiger partial charge in [0, 0.05) is 45.3 Å². The van der Waals surface area contributed by atoms with Crippen molar-refractivity contribution < 1.29 is 4.79 Å². The molecule has 0 aliphatic carbocycles. The molecule has 1 saturated heterocycles. The number of hydrogen-bond acceptors (Lipinski definition) is 3. The van der Waals surface area contributed by atoms with E-state index in [1.807, 2.05) is 47.2 Å². The van der Waals surface area contributed by atoms with Crippen LogP contribution in [0.4, 0.5) is 0 Å². The van der Waals surface area contributed by atoms with Gasteiger partial charge >= 0.3 is 0 Å². The van der Waals surface area contributed by atoms with Gasteiger partial charge in [0.05, 0.1) is 12.1 Å². The van der Waals surface area contributed by atoms with Crippen molar-refractivity contribution in [3.05, 3.63) is 53.9 Å². The molecule has 1 N–H and O–H groups in total. The number of aromatic nitrogens is 2. The highest BCUT2D eigenvalue weighted by atomic mass is 35.5. The van der Waals surface area contributed by atoms with Gasteiger partial charge in [0.2, 0.25) is 5.91 Å². The molecule has 1 aromatic carbocycles. The Balaban J connectivity index is 0.00000225. The van der Waals surface area contributed by atoms with E-state index in [1.54, 1.807) is 0 Å². The molecule has 1 aromatic heterocycles. The van der Waals surface area contributed by atoms with Crippen molar-refractivity contribution in [1.82, 2.24) is 20.0 Å². The van der Waals surface area contributed by atoms with E-state index < -0.39 is 0 Å². The third-order valence-electron chi connectivity index (χ3n) is 4.89. The van der Waals surface area contributed by atoms with E-state index in [9.17, 15) is 4.79 Å². The Morgan fingerprint density at radius 1 is 1.32 bits per heavy atom. The van der Waals surface area contributed by atoms with Crippen LogP contribution in [0, 0.1) is 5.92 Å². The number of carbonyl (C=O) groups excluding carboxylic acids is 1. The molecule has 3 rings (SSSR count). The molecule has 0 bridgehead atoms. The number of likely N-dealkylation sites (N-methyl/N-ethyl adjacent to an activating group) is 1. The van der Waals surface area contributed by atoms with Crippen LogP contribution in [-0.4, -0.2) is 46.8 Å². The first kappa shape index (κ1) is 19.5. The van der Waals surface area contributed by atoms with Crippen LogP contribution in [0.3, 0.4) is 0 Å². The molecule has 0 radical (unpaired) electrons. The van der Waals surface area contributed by atoms with Crippen LogP contribution < -0.4 is 5.32 Å². The van der Waals surface area contributed by atoms with Crippen LogP contribution in [0.25, 0.3) is 0 Å². The van der Waals surface area contributed by atoms with E-state index in [2.05, 4.69) is 29.5 Å². The molecular weight excluding hydrogens is 336 g/mol. The summed E-state index contributed by atoms with van der Waals surface area (Å²) in [5.74, 6) is 0.481. The summed E-state index contributed by atoms with van der Waals surface area (Å²) in [4.78, 5) is 15.0. The Morgan fingerprint density at radius 2 is 2.08 bits per heavy atom. The molecule has 25 heavy (non-hydrogen) atoms. The van der Waals surface area contributed by atoms with Gasteiger partial charge in [0.25, 0.3) is 0 Å². The molecule has 2 atom stereocenters. The number of benzene rings is 1. The molecule has 1 amide bonds. The Hall–Kier alpha value is -1.85. The number of halogens is 1. The van der Waals surface area contributed by atoms with Gasteiger partial charge in [-0.3, -0.25) is 9.48 Å². The summed E-state index contributed by atoms with van der Waals surface area (Å²) in [7, 11) is 1.92. The molecule has 0 spiro atoms. The lowest BCUT2D eigenvalue weighted by Crippen LogP contribution is -2.39. The number of amides is 1. The zero-order valence-electron chi connectivity index (χ0n) is 14.9. The minimum atomic E-state index is 0. The summed E-state index contributed by atoms with van der Waals surface area (Å²) in [5.41, 5.74) is 2.43. The molecule has 5 nitrogen and oxygen atoms in total. The lowest BCUT2D eigenvalue weighted by molar-refractivity contribution is -0.135. The second-order valence-electron chi connectivity index (χ2n) is 6.47. The highest BCUT2D eigenvalue weighted by Gasteiger charge is 2.36. The van der Waals surface area contributed by atoms with E-state index in [-0.39, 0.29) is 30.2 Å². The summed E-state index contributed by atoms with van der Waals surface area (Å²) in [6.07, 6.45) is 4.81. The topological polar surface area (TPSA) is 50.2 Å². The average molecular weight is 363 g/mol. The maximum Gasteiger partial charge on any atom is 0.227 e. The SMILES string of the molecule is CCN(CCc1ccccc1)C(=O)[C@H]1CNC[C@@H]1c1cnn(C)c1.Cl. The number of nitrogens with zero attached hydrogens (tertiary/aromatic N) is 3. The Kier molecular flexibility index (Phi) is 7.02. The fourth-order valence-corrected chi connectivity index (χ4v) is 3.49. The molecule has 1 aliphatic rings. The van der Waals surface area contributed by atoms with Crippen LogP contribution in [0.2, 0.25) is 0 Å². The first-order valence-corrected chi connectivity index (χ1v) is 8.71. The minimum absolute atomic E-state index is 0. The van der Waals surface area contributed by atoms with Gasteiger partial charge < -0.3 is 10.2 Å². The molecule has 1 aliphatic heterocycles.